The third kappa shape index (κ3) is 3.66. The van der Waals surface area contributed by atoms with Gasteiger partial charge in [-0.15, -0.1) is 0 Å². The van der Waals surface area contributed by atoms with Crippen molar-refractivity contribution in [3.63, 3.8) is 0 Å². The van der Waals surface area contributed by atoms with Crippen LogP contribution < -0.4 is 4.74 Å². The Morgan fingerprint density at radius 3 is 2.75 bits per heavy atom. The number of phenols is 1. The van der Waals surface area contributed by atoms with Crippen LogP contribution in [0.25, 0.3) is 10.8 Å². The quantitative estimate of drug-likeness (QED) is 0.756. The summed E-state index contributed by atoms with van der Waals surface area (Å²) < 4.78 is 5.91. The normalized spacial score (nSPS) is 12.5. The monoisotopic (exact) mass is 272 g/mol. The van der Waals surface area contributed by atoms with Crippen LogP contribution in [0.4, 0.5) is 0 Å². The fraction of sp³-hybridized carbons (Fsp3) is 0.444. The van der Waals surface area contributed by atoms with Crippen molar-refractivity contribution < 1.29 is 9.84 Å². The highest BCUT2D eigenvalue weighted by Gasteiger charge is 2.08. The van der Waals surface area contributed by atoms with Gasteiger partial charge in [0.1, 0.15) is 11.5 Å². The van der Waals surface area contributed by atoms with Gasteiger partial charge in [-0.3, -0.25) is 0 Å². The Morgan fingerprint density at radius 2 is 2.00 bits per heavy atom. The maximum Gasteiger partial charge on any atom is 0.123 e. The van der Waals surface area contributed by atoms with Crippen LogP contribution in [0.5, 0.6) is 11.5 Å². The minimum Gasteiger partial charge on any atom is -0.507 e. The van der Waals surface area contributed by atoms with E-state index in [2.05, 4.69) is 13.8 Å². The van der Waals surface area contributed by atoms with E-state index in [1.807, 2.05) is 30.3 Å². The number of hydrogen-bond donors (Lipinski definition) is 1. The van der Waals surface area contributed by atoms with E-state index in [0.717, 1.165) is 29.5 Å². The molecule has 0 saturated heterocycles. The fourth-order valence-electron chi connectivity index (χ4n) is 2.44. The number of unbranched alkanes of at least 4 members (excludes halogenated alkanes) is 1. The molecule has 2 nitrogen and oxygen atoms in total. The molecule has 2 rings (SSSR count). The molecule has 0 aliphatic carbocycles. The zero-order valence-electron chi connectivity index (χ0n) is 12.4. The summed E-state index contributed by atoms with van der Waals surface area (Å²) in [5, 5.41) is 11.8. The number of aromatic hydroxyl groups is 1. The van der Waals surface area contributed by atoms with Crippen LogP contribution in [-0.4, -0.2) is 11.7 Å². The average molecular weight is 272 g/mol. The van der Waals surface area contributed by atoms with Crippen molar-refractivity contribution in [2.45, 2.75) is 39.5 Å². The number of fused-ring (bicyclic) bond motifs is 1. The second kappa shape index (κ2) is 7.18. The summed E-state index contributed by atoms with van der Waals surface area (Å²) >= 11 is 0. The Bertz CT molecular complexity index is 548. The SMILES string of the molecule is CCCCC(CC)COc1ccc2cccc(O)c2c1. The molecule has 0 bridgehead atoms. The van der Waals surface area contributed by atoms with Gasteiger partial charge in [-0.25, -0.2) is 0 Å². The van der Waals surface area contributed by atoms with Crippen LogP contribution in [0.15, 0.2) is 36.4 Å². The van der Waals surface area contributed by atoms with Gasteiger partial charge < -0.3 is 9.84 Å². The highest BCUT2D eigenvalue weighted by Crippen LogP contribution is 2.28. The lowest BCUT2D eigenvalue weighted by Gasteiger charge is -2.16. The van der Waals surface area contributed by atoms with Gasteiger partial charge in [0.15, 0.2) is 0 Å². The Hall–Kier alpha value is -1.70. The third-order valence-electron chi connectivity index (χ3n) is 3.86. The van der Waals surface area contributed by atoms with Crippen LogP contribution in [0.2, 0.25) is 0 Å². The second-order valence-electron chi connectivity index (χ2n) is 5.39. The Balaban J connectivity index is 2.04. The van der Waals surface area contributed by atoms with E-state index in [4.69, 9.17) is 4.74 Å². The largest absolute Gasteiger partial charge is 0.507 e. The molecule has 0 amide bonds. The molecular weight excluding hydrogens is 248 g/mol. The molecule has 0 heterocycles. The Labute approximate surface area is 121 Å². The van der Waals surface area contributed by atoms with Crippen LogP contribution in [0.3, 0.4) is 0 Å². The maximum atomic E-state index is 9.88. The van der Waals surface area contributed by atoms with Gasteiger partial charge in [0.2, 0.25) is 0 Å². The molecule has 0 radical (unpaired) electrons. The first kappa shape index (κ1) is 14.7. The van der Waals surface area contributed by atoms with Gasteiger partial charge in [0.05, 0.1) is 6.61 Å². The van der Waals surface area contributed by atoms with E-state index < -0.39 is 0 Å². The van der Waals surface area contributed by atoms with Crippen molar-refractivity contribution in [3.05, 3.63) is 36.4 Å². The Kier molecular flexibility index (Phi) is 5.28. The first-order valence-electron chi connectivity index (χ1n) is 7.59. The standard InChI is InChI=1S/C18H24O2/c1-3-5-7-14(4-2)13-20-16-11-10-15-8-6-9-18(19)17(15)12-16/h6,8-12,14,19H,3-5,7,13H2,1-2H3. The lowest BCUT2D eigenvalue weighted by atomic mass is 10.0. The van der Waals surface area contributed by atoms with E-state index >= 15 is 0 Å². The van der Waals surface area contributed by atoms with Gasteiger partial charge in [-0.1, -0.05) is 51.3 Å². The van der Waals surface area contributed by atoms with E-state index in [-0.39, 0.29) is 0 Å². The zero-order valence-corrected chi connectivity index (χ0v) is 12.4. The first-order chi connectivity index (χ1) is 9.74. The van der Waals surface area contributed by atoms with Crippen molar-refractivity contribution in [2.24, 2.45) is 5.92 Å². The van der Waals surface area contributed by atoms with Crippen molar-refractivity contribution >= 4 is 10.8 Å². The molecule has 0 spiro atoms. The number of rotatable bonds is 7. The predicted molar refractivity (Wildman–Crippen MR) is 84.4 cm³/mol. The second-order valence-corrected chi connectivity index (χ2v) is 5.39. The summed E-state index contributed by atoms with van der Waals surface area (Å²) in [4.78, 5) is 0. The van der Waals surface area contributed by atoms with E-state index in [0.29, 0.717) is 11.7 Å². The fourth-order valence-corrected chi connectivity index (χ4v) is 2.44. The lowest BCUT2D eigenvalue weighted by Crippen LogP contribution is -2.11. The van der Waals surface area contributed by atoms with Crippen LogP contribution >= 0.6 is 0 Å². The molecule has 2 heteroatoms. The minimum atomic E-state index is 0.311. The van der Waals surface area contributed by atoms with Crippen LogP contribution in [0.1, 0.15) is 39.5 Å². The van der Waals surface area contributed by atoms with Crippen LogP contribution in [0, 0.1) is 5.92 Å². The number of phenolic OH excluding ortho intramolecular Hbond substituents is 1. The van der Waals surface area contributed by atoms with Crippen molar-refractivity contribution in [1.82, 2.24) is 0 Å². The van der Waals surface area contributed by atoms with Gasteiger partial charge >= 0.3 is 0 Å². The molecule has 0 aliphatic rings. The molecule has 1 N–H and O–H groups in total. The number of benzene rings is 2. The van der Waals surface area contributed by atoms with E-state index in [1.54, 1.807) is 6.07 Å². The molecule has 1 unspecified atom stereocenters. The summed E-state index contributed by atoms with van der Waals surface area (Å²) in [6, 6.07) is 11.5. The summed E-state index contributed by atoms with van der Waals surface area (Å²) in [7, 11) is 0. The molecular formula is C18H24O2. The van der Waals surface area contributed by atoms with Gasteiger partial charge in [0, 0.05) is 5.39 Å². The molecule has 0 aliphatic heterocycles. The lowest BCUT2D eigenvalue weighted by molar-refractivity contribution is 0.233. The minimum absolute atomic E-state index is 0.311. The van der Waals surface area contributed by atoms with Crippen molar-refractivity contribution in [1.29, 1.82) is 0 Å². The molecule has 2 aromatic rings. The molecule has 0 saturated carbocycles. The highest BCUT2D eigenvalue weighted by atomic mass is 16.5. The number of ether oxygens (including phenoxy) is 1. The molecule has 0 fully saturated rings. The molecule has 20 heavy (non-hydrogen) atoms. The first-order valence-corrected chi connectivity index (χ1v) is 7.59. The summed E-state index contributed by atoms with van der Waals surface area (Å²) in [5.74, 6) is 1.77. The van der Waals surface area contributed by atoms with Gasteiger partial charge in [-0.05, 0) is 35.9 Å². The smallest absolute Gasteiger partial charge is 0.123 e. The highest BCUT2D eigenvalue weighted by molar-refractivity contribution is 5.89. The van der Waals surface area contributed by atoms with E-state index in [9.17, 15) is 5.11 Å². The van der Waals surface area contributed by atoms with Crippen LogP contribution in [-0.2, 0) is 0 Å². The Morgan fingerprint density at radius 1 is 1.15 bits per heavy atom. The third-order valence-corrected chi connectivity index (χ3v) is 3.86. The summed E-state index contributed by atoms with van der Waals surface area (Å²) in [5.41, 5.74) is 0. The molecule has 0 aromatic heterocycles. The van der Waals surface area contributed by atoms with Crippen molar-refractivity contribution in [3.8, 4) is 11.5 Å². The molecule has 108 valence electrons. The van der Waals surface area contributed by atoms with E-state index in [1.165, 1.54) is 19.3 Å². The topological polar surface area (TPSA) is 29.5 Å². The summed E-state index contributed by atoms with van der Waals surface area (Å²) in [6.45, 7) is 5.20. The summed E-state index contributed by atoms with van der Waals surface area (Å²) in [6.07, 6.45) is 4.88. The van der Waals surface area contributed by atoms with Gasteiger partial charge in [-0.2, -0.15) is 0 Å². The molecule has 1 atom stereocenters. The van der Waals surface area contributed by atoms with Crippen molar-refractivity contribution in [2.75, 3.05) is 6.61 Å². The predicted octanol–water partition coefficient (Wildman–Crippen LogP) is 5.14. The maximum absolute atomic E-state index is 9.88. The average Bonchev–Trinajstić information content (AvgIpc) is 2.48. The number of hydrogen-bond acceptors (Lipinski definition) is 2. The molecule has 2 aromatic carbocycles. The zero-order chi connectivity index (χ0) is 14.4. The van der Waals surface area contributed by atoms with Gasteiger partial charge in [0.25, 0.3) is 0 Å².